The molecule has 5 rings (SSSR count). The van der Waals surface area contributed by atoms with E-state index >= 15 is 0 Å². The summed E-state index contributed by atoms with van der Waals surface area (Å²) in [6.45, 7) is 2.09. The number of anilines is 1. The molecule has 0 bridgehead atoms. The topological polar surface area (TPSA) is 98.6 Å². The molecule has 0 unspecified atom stereocenters. The van der Waals surface area contributed by atoms with E-state index in [1.165, 1.54) is 34.9 Å². The Morgan fingerprint density at radius 3 is 2.62 bits per heavy atom. The number of benzene rings is 3. The van der Waals surface area contributed by atoms with Crippen molar-refractivity contribution in [1.82, 2.24) is 20.3 Å². The molecule has 1 aliphatic carbocycles. The van der Waals surface area contributed by atoms with Crippen LogP contribution in [0.5, 0.6) is 11.5 Å². The van der Waals surface area contributed by atoms with Crippen LogP contribution < -0.4 is 19.7 Å². The van der Waals surface area contributed by atoms with Crippen molar-refractivity contribution in [3.63, 3.8) is 0 Å². The highest BCUT2D eigenvalue weighted by molar-refractivity contribution is 6.01. The number of nitrogens with zero attached hydrogens (tertiary/aromatic N) is 4. The van der Waals surface area contributed by atoms with Crippen LogP contribution in [0, 0.1) is 5.82 Å². The third kappa shape index (κ3) is 5.75. The lowest BCUT2D eigenvalue weighted by molar-refractivity contribution is -0.127. The Hall–Kier alpha value is -4.47. The molecule has 40 heavy (non-hydrogen) atoms. The number of hydrogen-bond donors (Lipinski definition) is 1. The van der Waals surface area contributed by atoms with Crippen LogP contribution in [0.15, 0.2) is 66.7 Å². The number of fused-ring (bicyclic) bond motifs is 1. The zero-order chi connectivity index (χ0) is 28.1. The minimum atomic E-state index is -1.12. The van der Waals surface area contributed by atoms with Gasteiger partial charge in [0.1, 0.15) is 23.9 Å². The molecule has 1 atom stereocenters. The highest BCUT2D eigenvalue weighted by Crippen LogP contribution is 2.35. The SMILES string of the molecule is CCOc1ccc([C@@H](C(=O)NC2CCCC2)N(C(=O)Cn2nnc3ccccc32)c2cccc(F)c2)cc1OC. The Balaban J connectivity index is 1.60. The average molecular weight is 546 g/mol. The smallest absolute Gasteiger partial charge is 0.249 e. The number of halogens is 1. The van der Waals surface area contributed by atoms with Crippen LogP contribution in [0.4, 0.5) is 10.1 Å². The van der Waals surface area contributed by atoms with Crippen LogP contribution in [-0.2, 0) is 16.1 Å². The fraction of sp³-hybridized carbons (Fsp3) is 0.333. The molecule has 2 amide bonds. The molecule has 3 aromatic carbocycles. The Morgan fingerprint density at radius 1 is 1.07 bits per heavy atom. The van der Waals surface area contributed by atoms with Gasteiger partial charge < -0.3 is 14.8 Å². The van der Waals surface area contributed by atoms with Gasteiger partial charge in [0.05, 0.1) is 19.2 Å². The van der Waals surface area contributed by atoms with Crippen molar-refractivity contribution in [2.75, 3.05) is 18.6 Å². The first-order valence-electron chi connectivity index (χ1n) is 13.5. The second-order valence-electron chi connectivity index (χ2n) is 9.72. The Labute approximate surface area is 231 Å². The summed E-state index contributed by atoms with van der Waals surface area (Å²) < 4.78 is 27.2. The third-order valence-electron chi connectivity index (χ3n) is 7.07. The van der Waals surface area contributed by atoms with E-state index in [9.17, 15) is 14.0 Å². The second kappa shape index (κ2) is 12.1. The average Bonchev–Trinajstić information content (AvgIpc) is 3.62. The summed E-state index contributed by atoms with van der Waals surface area (Å²) in [5.74, 6) is -0.408. The first kappa shape index (κ1) is 27.1. The van der Waals surface area contributed by atoms with Crippen LogP contribution in [0.25, 0.3) is 11.0 Å². The van der Waals surface area contributed by atoms with Crippen molar-refractivity contribution < 1.29 is 23.5 Å². The number of methoxy groups -OCH3 is 1. The molecule has 1 aliphatic rings. The van der Waals surface area contributed by atoms with E-state index < -0.39 is 17.8 Å². The molecule has 9 nitrogen and oxygen atoms in total. The van der Waals surface area contributed by atoms with Gasteiger partial charge in [0.2, 0.25) is 11.8 Å². The van der Waals surface area contributed by atoms with Gasteiger partial charge >= 0.3 is 0 Å². The lowest BCUT2D eigenvalue weighted by Gasteiger charge is -2.32. The first-order chi connectivity index (χ1) is 19.5. The predicted octanol–water partition coefficient (Wildman–Crippen LogP) is 4.81. The van der Waals surface area contributed by atoms with Gasteiger partial charge in [-0.1, -0.05) is 42.3 Å². The first-order valence-corrected chi connectivity index (χ1v) is 13.5. The van der Waals surface area contributed by atoms with Gasteiger partial charge in [-0.15, -0.1) is 5.10 Å². The fourth-order valence-corrected chi connectivity index (χ4v) is 5.20. The number of nitrogens with one attached hydrogen (secondary N) is 1. The van der Waals surface area contributed by atoms with E-state index in [0.717, 1.165) is 25.7 Å². The highest BCUT2D eigenvalue weighted by atomic mass is 19.1. The Bertz CT molecular complexity index is 1500. The van der Waals surface area contributed by atoms with Gasteiger partial charge in [-0.3, -0.25) is 14.5 Å². The predicted molar refractivity (Wildman–Crippen MR) is 149 cm³/mol. The molecule has 0 aliphatic heterocycles. The van der Waals surface area contributed by atoms with Crippen LogP contribution in [-0.4, -0.2) is 46.6 Å². The van der Waals surface area contributed by atoms with Crippen LogP contribution in [0.3, 0.4) is 0 Å². The van der Waals surface area contributed by atoms with Crippen molar-refractivity contribution in [1.29, 1.82) is 0 Å². The normalized spacial score (nSPS) is 14.2. The molecule has 0 radical (unpaired) electrons. The standard InChI is InChI=1S/C30H32FN5O4/c1-3-40-26-16-15-20(17-27(26)39-2)29(30(38)32-22-10-4-5-11-22)36(23-12-8-9-21(31)18-23)28(37)19-35-25-14-7-6-13-24(25)33-34-35/h6-9,12-18,22,29H,3-5,10-11,19H2,1-2H3,(H,32,38)/t29-/m0/s1. The summed E-state index contributed by atoms with van der Waals surface area (Å²) >= 11 is 0. The lowest BCUT2D eigenvalue weighted by Crippen LogP contribution is -2.47. The second-order valence-corrected chi connectivity index (χ2v) is 9.72. The molecule has 208 valence electrons. The lowest BCUT2D eigenvalue weighted by atomic mass is 10.0. The molecule has 1 aromatic heterocycles. The summed E-state index contributed by atoms with van der Waals surface area (Å²) in [5, 5.41) is 11.4. The number of para-hydroxylation sites is 1. The number of carbonyl (C=O) groups excluding carboxylic acids is 2. The molecule has 0 spiro atoms. The van der Waals surface area contributed by atoms with Gasteiger partial charge in [-0.05, 0) is 67.8 Å². The van der Waals surface area contributed by atoms with Crippen molar-refractivity contribution >= 4 is 28.5 Å². The fourth-order valence-electron chi connectivity index (χ4n) is 5.20. The summed E-state index contributed by atoms with van der Waals surface area (Å²) in [6, 6.07) is 17.0. The number of hydrogen-bond acceptors (Lipinski definition) is 6. The molecular formula is C30H32FN5O4. The van der Waals surface area contributed by atoms with Crippen molar-refractivity contribution in [3.05, 3.63) is 78.1 Å². The molecule has 10 heteroatoms. The Kier molecular flexibility index (Phi) is 8.23. The maximum atomic E-state index is 14.5. The van der Waals surface area contributed by atoms with Gasteiger partial charge in [0.15, 0.2) is 11.5 Å². The zero-order valence-corrected chi connectivity index (χ0v) is 22.5. The molecule has 1 N–H and O–H groups in total. The molecule has 4 aromatic rings. The quantitative estimate of drug-likeness (QED) is 0.307. The van der Waals surface area contributed by atoms with Gasteiger partial charge in [0.25, 0.3) is 0 Å². The number of rotatable bonds is 10. The maximum Gasteiger partial charge on any atom is 0.249 e. The minimum absolute atomic E-state index is 0.00307. The summed E-state index contributed by atoms with van der Waals surface area (Å²) in [5.41, 5.74) is 2.05. The van der Waals surface area contributed by atoms with Gasteiger partial charge in [0, 0.05) is 11.7 Å². The largest absolute Gasteiger partial charge is 0.493 e. The van der Waals surface area contributed by atoms with E-state index in [2.05, 4.69) is 15.6 Å². The summed E-state index contributed by atoms with van der Waals surface area (Å²) in [7, 11) is 1.51. The molecule has 0 saturated heterocycles. The highest BCUT2D eigenvalue weighted by Gasteiger charge is 2.35. The summed E-state index contributed by atoms with van der Waals surface area (Å²) in [4.78, 5) is 29.5. The van der Waals surface area contributed by atoms with E-state index in [-0.39, 0.29) is 24.2 Å². The van der Waals surface area contributed by atoms with Crippen molar-refractivity contribution in [3.8, 4) is 11.5 Å². The van der Waals surface area contributed by atoms with Crippen LogP contribution >= 0.6 is 0 Å². The van der Waals surface area contributed by atoms with Crippen LogP contribution in [0.1, 0.15) is 44.2 Å². The Morgan fingerprint density at radius 2 is 1.88 bits per heavy atom. The monoisotopic (exact) mass is 545 g/mol. The molecule has 1 heterocycles. The maximum absolute atomic E-state index is 14.5. The van der Waals surface area contributed by atoms with E-state index in [1.54, 1.807) is 30.3 Å². The number of carbonyl (C=O) groups is 2. The van der Waals surface area contributed by atoms with Crippen LogP contribution in [0.2, 0.25) is 0 Å². The van der Waals surface area contributed by atoms with E-state index in [1.807, 2.05) is 25.1 Å². The van der Waals surface area contributed by atoms with Crippen molar-refractivity contribution in [2.24, 2.45) is 0 Å². The van der Waals surface area contributed by atoms with E-state index in [0.29, 0.717) is 34.7 Å². The number of amides is 2. The zero-order valence-electron chi connectivity index (χ0n) is 22.5. The van der Waals surface area contributed by atoms with E-state index in [4.69, 9.17) is 9.47 Å². The number of ether oxygens (including phenoxy) is 2. The van der Waals surface area contributed by atoms with Gasteiger partial charge in [-0.2, -0.15) is 0 Å². The molecule has 1 saturated carbocycles. The van der Waals surface area contributed by atoms with Crippen molar-refractivity contribution in [2.45, 2.75) is 51.2 Å². The third-order valence-corrected chi connectivity index (χ3v) is 7.07. The molecule has 1 fully saturated rings. The number of aromatic nitrogens is 3. The minimum Gasteiger partial charge on any atom is -0.493 e. The molecular weight excluding hydrogens is 513 g/mol. The summed E-state index contributed by atoms with van der Waals surface area (Å²) in [6.07, 6.45) is 3.78. The van der Waals surface area contributed by atoms with Gasteiger partial charge in [-0.25, -0.2) is 9.07 Å².